The van der Waals surface area contributed by atoms with E-state index in [2.05, 4.69) is 15.3 Å². The molecule has 1 aromatic carbocycles. The van der Waals surface area contributed by atoms with Crippen LogP contribution in [0.4, 0.5) is 4.39 Å². The van der Waals surface area contributed by atoms with E-state index in [1.165, 1.54) is 19.2 Å². The molecule has 21 heavy (non-hydrogen) atoms. The Hall–Kier alpha value is -1.41. The van der Waals surface area contributed by atoms with Crippen molar-refractivity contribution in [2.75, 3.05) is 13.7 Å². The smallest absolute Gasteiger partial charge is 0.239 e. The number of imidazole rings is 1. The lowest BCUT2D eigenvalue weighted by molar-refractivity contribution is -0.123. The van der Waals surface area contributed by atoms with Gasteiger partial charge in [-0.15, -0.1) is 24.8 Å². The van der Waals surface area contributed by atoms with Gasteiger partial charge in [0.25, 0.3) is 0 Å². The van der Waals surface area contributed by atoms with Gasteiger partial charge in [-0.2, -0.15) is 0 Å². The second kappa shape index (κ2) is 8.78. The highest BCUT2D eigenvalue weighted by Crippen LogP contribution is 2.12. The average molecular weight is 339 g/mol. The number of benzene rings is 1. The number of amides is 1. The van der Waals surface area contributed by atoms with E-state index in [1.54, 1.807) is 6.07 Å². The van der Waals surface area contributed by atoms with E-state index in [1.807, 2.05) is 0 Å². The number of aromatic amines is 1. The number of H-pyrrole nitrogens is 1. The van der Waals surface area contributed by atoms with Crippen LogP contribution in [0.1, 0.15) is 5.82 Å². The van der Waals surface area contributed by atoms with Crippen molar-refractivity contribution in [3.8, 4) is 0 Å². The molecule has 0 fully saturated rings. The fraction of sp³-hybridized carbons (Fsp3) is 0.333. The molecular formula is C12H17Cl2FN4O2. The summed E-state index contributed by atoms with van der Waals surface area (Å²) < 4.78 is 17.8. The second-order valence-electron chi connectivity index (χ2n) is 4.12. The predicted octanol–water partition coefficient (Wildman–Crippen LogP) is 1.14. The number of fused-ring (bicyclic) bond motifs is 1. The Morgan fingerprint density at radius 2 is 2.24 bits per heavy atom. The molecule has 0 bridgehead atoms. The first-order valence-corrected chi connectivity index (χ1v) is 5.76. The molecule has 1 unspecified atom stereocenters. The molecule has 0 saturated carbocycles. The summed E-state index contributed by atoms with van der Waals surface area (Å²) in [4.78, 5) is 18.7. The molecule has 1 atom stereocenters. The van der Waals surface area contributed by atoms with Gasteiger partial charge < -0.3 is 20.8 Å². The van der Waals surface area contributed by atoms with E-state index in [9.17, 15) is 9.18 Å². The molecule has 1 heterocycles. The van der Waals surface area contributed by atoms with Crippen molar-refractivity contribution in [1.29, 1.82) is 0 Å². The van der Waals surface area contributed by atoms with Crippen LogP contribution in [0.2, 0.25) is 0 Å². The van der Waals surface area contributed by atoms with E-state index in [4.69, 9.17) is 10.5 Å². The Kier molecular flexibility index (Phi) is 8.19. The highest BCUT2D eigenvalue weighted by Gasteiger charge is 2.13. The number of hydrogen-bond acceptors (Lipinski definition) is 4. The number of hydrogen-bond donors (Lipinski definition) is 3. The minimum absolute atomic E-state index is 0. The molecule has 1 aromatic heterocycles. The zero-order valence-electron chi connectivity index (χ0n) is 11.3. The summed E-state index contributed by atoms with van der Waals surface area (Å²) in [6, 6.07) is 3.54. The fourth-order valence-corrected chi connectivity index (χ4v) is 1.68. The van der Waals surface area contributed by atoms with Gasteiger partial charge in [0, 0.05) is 7.11 Å². The van der Waals surface area contributed by atoms with E-state index < -0.39 is 6.04 Å². The zero-order valence-corrected chi connectivity index (χ0v) is 12.9. The van der Waals surface area contributed by atoms with Crippen molar-refractivity contribution in [1.82, 2.24) is 15.3 Å². The van der Waals surface area contributed by atoms with Crippen LogP contribution in [0.15, 0.2) is 18.2 Å². The molecule has 1 amide bonds. The maximum atomic E-state index is 13.0. The topological polar surface area (TPSA) is 93.0 Å². The molecule has 0 saturated heterocycles. The number of ether oxygens (including phenoxy) is 1. The highest BCUT2D eigenvalue weighted by atomic mass is 35.5. The van der Waals surface area contributed by atoms with Crippen molar-refractivity contribution < 1.29 is 13.9 Å². The van der Waals surface area contributed by atoms with Crippen molar-refractivity contribution in [3.63, 3.8) is 0 Å². The second-order valence-corrected chi connectivity index (χ2v) is 4.12. The lowest BCUT2D eigenvalue weighted by atomic mass is 10.3. The molecular weight excluding hydrogens is 322 g/mol. The first-order valence-electron chi connectivity index (χ1n) is 5.76. The standard InChI is InChI=1S/C12H15FN4O2.2ClH/c1-19-6-8(14)12(18)15-5-11-16-9-3-2-7(13)4-10(9)17-11;;/h2-4,8H,5-6,14H2,1H3,(H,15,18)(H,16,17);2*1H. The van der Waals surface area contributed by atoms with Gasteiger partial charge in [-0.1, -0.05) is 0 Å². The van der Waals surface area contributed by atoms with E-state index in [-0.39, 0.29) is 49.7 Å². The van der Waals surface area contributed by atoms with Crippen LogP contribution in [0.25, 0.3) is 11.0 Å². The van der Waals surface area contributed by atoms with Gasteiger partial charge in [-0.25, -0.2) is 9.37 Å². The van der Waals surface area contributed by atoms with Gasteiger partial charge >= 0.3 is 0 Å². The van der Waals surface area contributed by atoms with Crippen molar-refractivity contribution in [2.45, 2.75) is 12.6 Å². The summed E-state index contributed by atoms with van der Waals surface area (Å²) >= 11 is 0. The minimum atomic E-state index is -0.716. The molecule has 6 nitrogen and oxygen atoms in total. The number of carbonyl (C=O) groups excluding carboxylic acids is 1. The maximum Gasteiger partial charge on any atom is 0.239 e. The summed E-state index contributed by atoms with van der Waals surface area (Å²) in [7, 11) is 1.47. The molecule has 2 aromatic rings. The summed E-state index contributed by atoms with van der Waals surface area (Å²) in [5.41, 5.74) is 6.80. The number of halogens is 3. The van der Waals surface area contributed by atoms with Crippen LogP contribution >= 0.6 is 24.8 Å². The molecule has 118 valence electrons. The van der Waals surface area contributed by atoms with Crippen molar-refractivity contribution in [3.05, 3.63) is 29.8 Å². The molecule has 4 N–H and O–H groups in total. The van der Waals surface area contributed by atoms with Crippen LogP contribution in [-0.4, -0.2) is 35.6 Å². The van der Waals surface area contributed by atoms with Crippen LogP contribution in [-0.2, 0) is 16.1 Å². The first kappa shape index (κ1) is 19.6. The van der Waals surface area contributed by atoms with E-state index in [0.717, 1.165) is 0 Å². The quantitative estimate of drug-likeness (QED) is 0.761. The monoisotopic (exact) mass is 338 g/mol. The molecule has 0 aliphatic carbocycles. The van der Waals surface area contributed by atoms with E-state index >= 15 is 0 Å². The number of nitrogens with zero attached hydrogens (tertiary/aromatic N) is 1. The van der Waals surface area contributed by atoms with E-state index in [0.29, 0.717) is 16.9 Å². The highest BCUT2D eigenvalue weighted by molar-refractivity contribution is 5.85. The minimum Gasteiger partial charge on any atom is -0.383 e. The van der Waals surface area contributed by atoms with Crippen LogP contribution in [0.3, 0.4) is 0 Å². The third-order valence-corrected chi connectivity index (χ3v) is 2.61. The average Bonchev–Trinajstić information content (AvgIpc) is 2.78. The SMILES string of the molecule is COCC(N)C(=O)NCc1nc2ccc(F)cc2[nH]1.Cl.Cl. The van der Waals surface area contributed by atoms with Gasteiger partial charge in [0.05, 0.1) is 24.2 Å². The number of rotatable bonds is 5. The third kappa shape index (κ3) is 5.13. The number of aromatic nitrogens is 2. The van der Waals surface area contributed by atoms with Crippen molar-refractivity contribution >= 4 is 41.8 Å². The third-order valence-electron chi connectivity index (χ3n) is 2.61. The normalized spacial score (nSPS) is 11.4. The maximum absolute atomic E-state index is 13.0. The molecule has 2 rings (SSSR count). The Bertz CT molecular complexity index is 594. The summed E-state index contributed by atoms with van der Waals surface area (Å²) in [5, 5.41) is 2.63. The fourth-order valence-electron chi connectivity index (χ4n) is 1.68. The van der Waals surface area contributed by atoms with Gasteiger partial charge in [0.1, 0.15) is 17.7 Å². The lowest BCUT2D eigenvalue weighted by Crippen LogP contribution is -2.43. The predicted molar refractivity (Wildman–Crippen MR) is 82.2 cm³/mol. The lowest BCUT2D eigenvalue weighted by Gasteiger charge is -2.09. The van der Waals surface area contributed by atoms with Gasteiger partial charge in [-0.3, -0.25) is 4.79 Å². The largest absolute Gasteiger partial charge is 0.383 e. The number of carbonyl (C=O) groups is 1. The molecule has 0 radical (unpaired) electrons. The van der Waals surface area contributed by atoms with Crippen LogP contribution in [0, 0.1) is 5.82 Å². The van der Waals surface area contributed by atoms with Gasteiger partial charge in [0.15, 0.2) is 0 Å². The summed E-state index contributed by atoms with van der Waals surface area (Å²) in [6.45, 7) is 0.351. The number of nitrogens with two attached hydrogens (primary N) is 1. The first-order chi connectivity index (χ1) is 9.10. The van der Waals surface area contributed by atoms with Crippen LogP contribution < -0.4 is 11.1 Å². The Labute approximate surface area is 133 Å². The van der Waals surface area contributed by atoms with Crippen molar-refractivity contribution in [2.24, 2.45) is 5.73 Å². The number of nitrogens with one attached hydrogen (secondary N) is 2. The summed E-state index contributed by atoms with van der Waals surface area (Å²) in [5.74, 6) is -0.124. The molecule has 0 aliphatic heterocycles. The Balaban J connectivity index is 0.00000200. The number of methoxy groups -OCH3 is 1. The summed E-state index contributed by atoms with van der Waals surface area (Å²) in [6.07, 6.45) is 0. The Morgan fingerprint density at radius 3 is 2.90 bits per heavy atom. The Morgan fingerprint density at radius 1 is 1.52 bits per heavy atom. The molecule has 9 heteroatoms. The molecule has 0 spiro atoms. The molecule has 0 aliphatic rings. The zero-order chi connectivity index (χ0) is 13.8. The van der Waals surface area contributed by atoms with Crippen LogP contribution in [0.5, 0.6) is 0 Å². The van der Waals surface area contributed by atoms with Gasteiger partial charge in [0.2, 0.25) is 5.91 Å². The van der Waals surface area contributed by atoms with Gasteiger partial charge in [-0.05, 0) is 18.2 Å².